The zero-order valence-corrected chi connectivity index (χ0v) is 29.9. The summed E-state index contributed by atoms with van der Waals surface area (Å²) >= 11 is 12.3. The Hall–Kier alpha value is -5.28. The number of hydrogen-bond donors (Lipinski definition) is 0. The van der Waals surface area contributed by atoms with Crippen LogP contribution in [0.2, 0.25) is 10.0 Å². The maximum atomic E-state index is 13.7. The molecule has 0 aliphatic rings. The molecule has 0 spiro atoms. The minimum Gasteiger partial charge on any atom is -0.419 e. The summed E-state index contributed by atoms with van der Waals surface area (Å²) in [6.45, 7) is -1.09. The Morgan fingerprint density at radius 3 is 0.846 bits per heavy atom. The van der Waals surface area contributed by atoms with Crippen molar-refractivity contribution in [3.05, 3.63) is 180 Å². The third-order valence-corrected chi connectivity index (χ3v) is 8.12. The van der Waals surface area contributed by atoms with Crippen LogP contribution in [0.25, 0.3) is 0 Å². The van der Waals surface area contributed by atoms with Crippen LogP contribution in [-0.4, -0.2) is 25.2 Å². The average molecular weight is 759 g/mol. The predicted octanol–water partition coefficient (Wildman–Crippen LogP) is 10.8. The van der Waals surface area contributed by atoms with Gasteiger partial charge < -0.3 is 28.4 Å². The SMILES string of the molecule is O=[P+](OCC(Oc1ccccc1)(Oc1ccccc1)Oc1ccc(Cl)cc1)OCC(Oc1ccccc1)(Oc1ccccc1)Oc1ccc(Cl)cc1. The molecule has 0 amide bonds. The summed E-state index contributed by atoms with van der Waals surface area (Å²) in [5.41, 5.74) is 0. The van der Waals surface area contributed by atoms with Gasteiger partial charge in [-0.25, -0.2) is 0 Å². The van der Waals surface area contributed by atoms with Gasteiger partial charge in [-0.1, -0.05) is 96.0 Å². The fourth-order valence-electron chi connectivity index (χ4n) is 4.64. The second kappa shape index (κ2) is 17.8. The van der Waals surface area contributed by atoms with Crippen molar-refractivity contribution in [2.75, 3.05) is 13.2 Å². The lowest BCUT2D eigenvalue weighted by Gasteiger charge is -2.32. The number of benzene rings is 6. The molecule has 0 unspecified atom stereocenters. The zero-order valence-electron chi connectivity index (χ0n) is 27.5. The van der Waals surface area contributed by atoms with Crippen molar-refractivity contribution in [1.82, 2.24) is 0 Å². The Balaban J connectivity index is 1.28. The molecule has 12 heteroatoms. The van der Waals surface area contributed by atoms with E-state index in [1.54, 1.807) is 146 Å². The van der Waals surface area contributed by atoms with E-state index in [4.69, 9.17) is 60.7 Å². The zero-order chi connectivity index (χ0) is 36.1. The maximum Gasteiger partial charge on any atom is 0.698 e. The highest BCUT2D eigenvalue weighted by Crippen LogP contribution is 2.35. The molecule has 6 aromatic carbocycles. The molecule has 6 aromatic rings. The van der Waals surface area contributed by atoms with Crippen molar-refractivity contribution in [3.63, 3.8) is 0 Å². The summed E-state index contributed by atoms with van der Waals surface area (Å²) in [6, 6.07) is 48.5. The second-order valence-electron chi connectivity index (χ2n) is 10.9. The fraction of sp³-hybridized carbons (Fsp3) is 0.100. The van der Waals surface area contributed by atoms with E-state index in [1.807, 2.05) is 24.3 Å². The van der Waals surface area contributed by atoms with Crippen molar-refractivity contribution in [2.24, 2.45) is 0 Å². The van der Waals surface area contributed by atoms with Crippen LogP contribution in [0.5, 0.6) is 34.5 Å². The molecule has 0 bridgehead atoms. The Kier molecular flexibility index (Phi) is 12.5. The van der Waals surface area contributed by atoms with Crippen molar-refractivity contribution >= 4 is 31.5 Å². The maximum absolute atomic E-state index is 13.7. The first kappa shape index (κ1) is 36.5. The van der Waals surface area contributed by atoms with E-state index in [-0.39, 0.29) is 0 Å². The first-order chi connectivity index (χ1) is 25.4. The molecule has 0 aliphatic carbocycles. The molecule has 0 fully saturated rings. The Labute approximate surface area is 312 Å². The quantitative estimate of drug-likeness (QED) is 0.0627. The highest BCUT2D eigenvalue weighted by molar-refractivity contribution is 7.33. The molecular weight excluding hydrogens is 726 g/mol. The van der Waals surface area contributed by atoms with Gasteiger partial charge in [0.05, 0.1) is 0 Å². The lowest BCUT2D eigenvalue weighted by atomic mass is 10.3. The van der Waals surface area contributed by atoms with Gasteiger partial charge >= 0.3 is 20.2 Å². The van der Waals surface area contributed by atoms with Gasteiger partial charge in [0, 0.05) is 14.6 Å². The van der Waals surface area contributed by atoms with E-state index in [9.17, 15) is 4.57 Å². The van der Waals surface area contributed by atoms with Gasteiger partial charge in [0.2, 0.25) is 13.2 Å². The van der Waals surface area contributed by atoms with Crippen LogP contribution in [0.4, 0.5) is 0 Å². The van der Waals surface area contributed by atoms with Crippen LogP contribution < -0.4 is 28.4 Å². The Morgan fingerprint density at radius 1 is 0.365 bits per heavy atom. The predicted molar refractivity (Wildman–Crippen MR) is 197 cm³/mol. The summed E-state index contributed by atoms with van der Waals surface area (Å²) in [7, 11) is -2.94. The molecule has 6 rings (SSSR count). The molecule has 0 saturated carbocycles. The molecule has 9 nitrogen and oxygen atoms in total. The van der Waals surface area contributed by atoms with Gasteiger partial charge in [-0.2, -0.15) is 0 Å². The van der Waals surface area contributed by atoms with E-state index in [2.05, 4.69) is 0 Å². The largest absolute Gasteiger partial charge is 0.698 e. The lowest BCUT2D eigenvalue weighted by molar-refractivity contribution is -0.272. The molecular formula is C40H32Cl2O9P+. The minimum atomic E-state index is -2.94. The van der Waals surface area contributed by atoms with E-state index < -0.39 is 33.4 Å². The molecule has 0 saturated heterocycles. The molecule has 0 aromatic heterocycles. The van der Waals surface area contributed by atoms with Crippen molar-refractivity contribution in [3.8, 4) is 34.5 Å². The van der Waals surface area contributed by atoms with Crippen LogP contribution >= 0.6 is 31.5 Å². The van der Waals surface area contributed by atoms with Crippen molar-refractivity contribution in [2.45, 2.75) is 11.9 Å². The van der Waals surface area contributed by atoms with Gasteiger partial charge in [0.1, 0.15) is 34.5 Å². The summed E-state index contributed by atoms with van der Waals surface area (Å²) < 4.78 is 63.2. The second-order valence-corrected chi connectivity index (χ2v) is 12.7. The standard InChI is InChI=1S/C40H32Cl2O9P/c41-31-21-25-37(26-22-31)50-39(46-33-13-5-1-6-14-33,47-34-15-7-2-8-16-34)29-44-52(43)45-30-40(48-35-17-9-3-10-18-35,49-36-19-11-4-12-20-36)51-38-27-23-32(42)24-28-38/h1-28H,29-30H2/q+1. The summed E-state index contributed by atoms with van der Waals surface area (Å²) in [6.07, 6.45) is 0. The molecule has 0 N–H and O–H groups in total. The van der Waals surface area contributed by atoms with Crippen LogP contribution in [0.1, 0.15) is 0 Å². The van der Waals surface area contributed by atoms with Gasteiger partial charge in [-0.3, -0.25) is 0 Å². The van der Waals surface area contributed by atoms with Gasteiger partial charge in [0.25, 0.3) is 0 Å². The molecule has 0 aliphatic heterocycles. The van der Waals surface area contributed by atoms with Gasteiger partial charge in [-0.05, 0) is 97.1 Å². The first-order valence-electron chi connectivity index (χ1n) is 15.9. The minimum absolute atomic E-state index is 0.332. The molecule has 52 heavy (non-hydrogen) atoms. The molecule has 0 radical (unpaired) electrons. The van der Waals surface area contributed by atoms with Crippen LogP contribution in [0.15, 0.2) is 170 Å². The number of hydrogen-bond acceptors (Lipinski definition) is 9. The number of para-hydroxylation sites is 4. The van der Waals surface area contributed by atoms with Crippen LogP contribution in [0.3, 0.4) is 0 Å². The van der Waals surface area contributed by atoms with E-state index in [1.165, 1.54) is 0 Å². The molecule has 0 heterocycles. The first-order valence-corrected chi connectivity index (χ1v) is 17.8. The fourth-order valence-corrected chi connectivity index (χ4v) is 5.49. The average Bonchev–Trinajstić information content (AvgIpc) is 3.17. The third-order valence-electron chi connectivity index (χ3n) is 6.93. The summed E-state index contributed by atoms with van der Waals surface area (Å²) in [5, 5.41) is 0.997. The van der Waals surface area contributed by atoms with E-state index in [0.29, 0.717) is 44.5 Å². The smallest absolute Gasteiger partial charge is 0.419 e. The van der Waals surface area contributed by atoms with E-state index >= 15 is 0 Å². The van der Waals surface area contributed by atoms with Crippen molar-refractivity contribution in [1.29, 1.82) is 0 Å². The Bertz CT molecular complexity index is 1740. The highest BCUT2D eigenvalue weighted by Gasteiger charge is 2.47. The van der Waals surface area contributed by atoms with E-state index in [0.717, 1.165) is 0 Å². The summed E-state index contributed by atoms with van der Waals surface area (Å²) in [5.74, 6) is -1.82. The summed E-state index contributed by atoms with van der Waals surface area (Å²) in [4.78, 5) is 0. The van der Waals surface area contributed by atoms with Crippen molar-refractivity contribution < 1.29 is 42.0 Å². The Morgan fingerprint density at radius 2 is 0.596 bits per heavy atom. The van der Waals surface area contributed by atoms with Crippen LogP contribution in [0, 0.1) is 0 Å². The van der Waals surface area contributed by atoms with Gasteiger partial charge in [0.15, 0.2) is 0 Å². The number of halogens is 2. The topological polar surface area (TPSA) is 90.9 Å². The van der Waals surface area contributed by atoms with Crippen LogP contribution in [-0.2, 0) is 13.6 Å². The number of ether oxygens (including phenoxy) is 6. The van der Waals surface area contributed by atoms with Gasteiger partial charge in [-0.15, -0.1) is 9.05 Å². The molecule has 264 valence electrons. The highest BCUT2D eigenvalue weighted by atomic mass is 35.5. The lowest BCUT2D eigenvalue weighted by Crippen LogP contribution is -2.52. The number of rotatable bonds is 18. The molecule has 0 atom stereocenters. The normalized spacial score (nSPS) is 11.3. The monoisotopic (exact) mass is 757 g/mol. The third kappa shape index (κ3) is 10.9.